The van der Waals surface area contributed by atoms with Gasteiger partial charge in [-0.05, 0) is 31.0 Å². The molecule has 0 radical (unpaired) electrons. The molecule has 0 saturated carbocycles. The van der Waals surface area contributed by atoms with Crippen molar-refractivity contribution in [1.29, 1.82) is 0 Å². The molecule has 1 heterocycles. The Bertz CT molecular complexity index is 521. The zero-order chi connectivity index (χ0) is 13.7. The van der Waals surface area contributed by atoms with Gasteiger partial charge in [0.25, 0.3) is 0 Å². The van der Waals surface area contributed by atoms with Gasteiger partial charge >= 0.3 is 0 Å². The first-order valence-electron chi connectivity index (χ1n) is 6.79. The Morgan fingerprint density at radius 3 is 2.53 bits per heavy atom. The first kappa shape index (κ1) is 14.1. The maximum atomic E-state index is 6.11. The van der Waals surface area contributed by atoms with Crippen LogP contribution in [0.15, 0.2) is 36.4 Å². The fraction of sp³-hybridized carbons (Fsp3) is 0.375. The molecule has 2 N–H and O–H groups in total. The van der Waals surface area contributed by atoms with Gasteiger partial charge in [0.1, 0.15) is 12.4 Å². The third-order valence-corrected chi connectivity index (χ3v) is 4.40. The number of thiophene rings is 1. The lowest BCUT2D eigenvalue weighted by Crippen LogP contribution is -2.10. The summed E-state index contributed by atoms with van der Waals surface area (Å²) in [6.07, 6.45) is 2.00. The normalized spacial score (nSPS) is 12.4. The summed E-state index contributed by atoms with van der Waals surface area (Å²) in [7, 11) is 0. The van der Waals surface area contributed by atoms with Crippen LogP contribution in [0.2, 0.25) is 0 Å². The van der Waals surface area contributed by atoms with Crippen LogP contribution in [0.25, 0.3) is 0 Å². The summed E-state index contributed by atoms with van der Waals surface area (Å²) >= 11 is 1.82. The third-order valence-electron chi connectivity index (χ3n) is 3.19. The Morgan fingerprint density at radius 1 is 1.11 bits per heavy atom. The molecule has 0 bridgehead atoms. The van der Waals surface area contributed by atoms with Crippen LogP contribution in [-0.2, 0) is 13.0 Å². The SMILES string of the molecule is CCc1ccc(COc2ccccc2C(N)CC)s1. The van der Waals surface area contributed by atoms with Crippen LogP contribution in [0.1, 0.15) is 41.6 Å². The second-order valence-electron chi connectivity index (χ2n) is 4.56. The number of rotatable bonds is 6. The van der Waals surface area contributed by atoms with Crippen molar-refractivity contribution in [3.63, 3.8) is 0 Å². The molecule has 2 aromatic rings. The van der Waals surface area contributed by atoms with E-state index >= 15 is 0 Å². The molecule has 0 saturated heterocycles. The van der Waals surface area contributed by atoms with Crippen LogP contribution >= 0.6 is 11.3 Å². The second-order valence-corrected chi connectivity index (χ2v) is 5.82. The molecule has 0 amide bonds. The average Bonchev–Trinajstić information content (AvgIpc) is 2.92. The predicted molar refractivity (Wildman–Crippen MR) is 81.7 cm³/mol. The minimum absolute atomic E-state index is 0.0470. The summed E-state index contributed by atoms with van der Waals surface area (Å²) in [5, 5.41) is 0. The van der Waals surface area contributed by atoms with Gasteiger partial charge in [-0.3, -0.25) is 0 Å². The Kier molecular flexibility index (Phi) is 5.00. The van der Waals surface area contributed by atoms with Crippen LogP contribution in [0, 0.1) is 0 Å². The van der Waals surface area contributed by atoms with Gasteiger partial charge in [-0.15, -0.1) is 11.3 Å². The van der Waals surface area contributed by atoms with Crippen molar-refractivity contribution in [1.82, 2.24) is 0 Å². The number of aryl methyl sites for hydroxylation is 1. The highest BCUT2D eigenvalue weighted by atomic mass is 32.1. The Balaban J connectivity index is 2.06. The number of hydrogen-bond donors (Lipinski definition) is 1. The maximum Gasteiger partial charge on any atom is 0.124 e. The van der Waals surface area contributed by atoms with Gasteiger partial charge in [-0.2, -0.15) is 0 Å². The summed E-state index contributed by atoms with van der Waals surface area (Å²) in [6.45, 7) is 4.89. The number of para-hydroxylation sites is 1. The smallest absolute Gasteiger partial charge is 0.124 e. The quantitative estimate of drug-likeness (QED) is 0.853. The van der Waals surface area contributed by atoms with Crippen molar-refractivity contribution in [2.45, 2.75) is 39.3 Å². The molecule has 3 heteroatoms. The summed E-state index contributed by atoms with van der Waals surface area (Å²) in [5.74, 6) is 0.906. The van der Waals surface area contributed by atoms with Gasteiger partial charge in [0.2, 0.25) is 0 Å². The summed E-state index contributed by atoms with van der Waals surface area (Å²) in [6, 6.07) is 12.4. The topological polar surface area (TPSA) is 35.2 Å². The van der Waals surface area contributed by atoms with Crippen molar-refractivity contribution in [3.05, 3.63) is 51.7 Å². The lowest BCUT2D eigenvalue weighted by Gasteiger charge is -2.15. The van der Waals surface area contributed by atoms with Gasteiger partial charge in [0.15, 0.2) is 0 Å². The van der Waals surface area contributed by atoms with E-state index in [1.807, 2.05) is 29.5 Å². The zero-order valence-corrected chi connectivity index (χ0v) is 12.4. The highest BCUT2D eigenvalue weighted by Crippen LogP contribution is 2.27. The van der Waals surface area contributed by atoms with Crippen molar-refractivity contribution < 1.29 is 4.74 Å². The first-order chi connectivity index (χ1) is 9.24. The van der Waals surface area contributed by atoms with Crippen LogP contribution < -0.4 is 10.5 Å². The zero-order valence-electron chi connectivity index (χ0n) is 11.6. The molecule has 0 aliphatic rings. The molecule has 19 heavy (non-hydrogen) atoms. The lowest BCUT2D eigenvalue weighted by atomic mass is 10.0. The van der Waals surface area contributed by atoms with Crippen LogP contribution in [0.5, 0.6) is 5.75 Å². The predicted octanol–water partition coefficient (Wildman–Crippen LogP) is 4.30. The molecule has 2 rings (SSSR count). The van der Waals surface area contributed by atoms with E-state index in [-0.39, 0.29) is 6.04 Å². The monoisotopic (exact) mass is 275 g/mol. The fourth-order valence-electron chi connectivity index (χ4n) is 1.98. The molecule has 1 aromatic carbocycles. The van der Waals surface area contributed by atoms with Gasteiger partial charge in [-0.25, -0.2) is 0 Å². The van der Waals surface area contributed by atoms with Crippen molar-refractivity contribution >= 4 is 11.3 Å². The molecule has 0 fully saturated rings. The molecule has 2 nitrogen and oxygen atoms in total. The van der Waals surface area contributed by atoms with Crippen molar-refractivity contribution in [2.24, 2.45) is 5.73 Å². The van der Waals surface area contributed by atoms with E-state index in [1.54, 1.807) is 0 Å². The third kappa shape index (κ3) is 3.58. The van der Waals surface area contributed by atoms with Gasteiger partial charge < -0.3 is 10.5 Å². The van der Waals surface area contributed by atoms with Crippen molar-refractivity contribution in [2.75, 3.05) is 0 Å². The Morgan fingerprint density at radius 2 is 1.84 bits per heavy atom. The number of hydrogen-bond acceptors (Lipinski definition) is 3. The molecule has 1 aromatic heterocycles. The largest absolute Gasteiger partial charge is 0.488 e. The van der Waals surface area contributed by atoms with Crippen molar-refractivity contribution in [3.8, 4) is 5.75 Å². The lowest BCUT2D eigenvalue weighted by molar-refractivity contribution is 0.304. The summed E-state index contributed by atoms with van der Waals surface area (Å²) in [5.41, 5.74) is 7.21. The minimum atomic E-state index is 0.0470. The Labute approximate surface area is 119 Å². The number of ether oxygens (including phenoxy) is 1. The molecule has 1 atom stereocenters. The second kappa shape index (κ2) is 6.73. The van der Waals surface area contributed by atoms with E-state index in [1.165, 1.54) is 9.75 Å². The van der Waals surface area contributed by atoms with E-state index in [9.17, 15) is 0 Å². The minimum Gasteiger partial charge on any atom is -0.488 e. The number of nitrogens with two attached hydrogens (primary N) is 1. The molecule has 0 aliphatic carbocycles. The van der Waals surface area contributed by atoms with Crippen LogP contribution in [-0.4, -0.2) is 0 Å². The van der Waals surface area contributed by atoms with E-state index < -0.39 is 0 Å². The molecular formula is C16H21NOS. The van der Waals surface area contributed by atoms with E-state index in [0.29, 0.717) is 6.61 Å². The first-order valence-corrected chi connectivity index (χ1v) is 7.61. The maximum absolute atomic E-state index is 6.11. The van der Waals surface area contributed by atoms with E-state index in [0.717, 1.165) is 24.2 Å². The van der Waals surface area contributed by atoms with E-state index in [2.05, 4.69) is 32.0 Å². The molecular weight excluding hydrogens is 254 g/mol. The molecule has 0 aliphatic heterocycles. The average molecular weight is 275 g/mol. The summed E-state index contributed by atoms with van der Waals surface area (Å²) < 4.78 is 5.93. The van der Waals surface area contributed by atoms with E-state index in [4.69, 9.17) is 10.5 Å². The Hall–Kier alpha value is -1.32. The van der Waals surface area contributed by atoms with Gasteiger partial charge in [-0.1, -0.05) is 32.0 Å². The van der Waals surface area contributed by atoms with Crippen LogP contribution in [0.3, 0.4) is 0 Å². The van der Waals surface area contributed by atoms with Gasteiger partial charge in [0, 0.05) is 21.4 Å². The molecule has 1 unspecified atom stereocenters. The number of benzene rings is 1. The highest BCUT2D eigenvalue weighted by Gasteiger charge is 2.10. The standard InChI is InChI=1S/C16H21NOS/c1-3-12-9-10-13(19-12)11-18-16-8-6-5-7-14(16)15(17)4-2/h5-10,15H,3-4,11,17H2,1-2H3. The molecule has 102 valence electrons. The fourth-order valence-corrected chi connectivity index (χ4v) is 2.85. The highest BCUT2D eigenvalue weighted by molar-refractivity contribution is 7.11. The summed E-state index contributed by atoms with van der Waals surface area (Å²) in [4.78, 5) is 2.66. The van der Waals surface area contributed by atoms with Gasteiger partial charge in [0.05, 0.1) is 0 Å². The van der Waals surface area contributed by atoms with Crippen LogP contribution in [0.4, 0.5) is 0 Å². The molecule has 0 spiro atoms.